The molecular formula is C63H68N6O15. The van der Waals surface area contributed by atoms with Crippen molar-refractivity contribution in [2.24, 2.45) is 0 Å². The van der Waals surface area contributed by atoms with Crippen molar-refractivity contribution in [2.45, 2.75) is 129 Å². The summed E-state index contributed by atoms with van der Waals surface area (Å²) in [5.74, 6) is -4.61. The number of hydrogen-bond donors (Lipinski definition) is 9. The fourth-order valence-corrected chi connectivity index (χ4v) is 12.1. The van der Waals surface area contributed by atoms with Crippen LogP contribution in [0, 0.1) is 6.92 Å². The molecule has 6 atom stereocenters. The topological polar surface area (TPSA) is 326 Å². The van der Waals surface area contributed by atoms with Crippen molar-refractivity contribution >= 4 is 67.6 Å². The number of aromatic amines is 1. The lowest BCUT2D eigenvalue weighted by atomic mass is 9.72. The van der Waals surface area contributed by atoms with Crippen molar-refractivity contribution in [3.63, 3.8) is 0 Å². The number of benzene rings is 3. The number of ether oxygens (including phenoxy) is 4. The molecule has 5 heterocycles. The molecule has 1 fully saturated rings. The number of amides is 1. The highest BCUT2D eigenvalue weighted by molar-refractivity contribution is 6.31. The zero-order valence-corrected chi connectivity index (χ0v) is 47.5. The van der Waals surface area contributed by atoms with Gasteiger partial charge in [-0.2, -0.15) is 0 Å². The SMILES string of the molecule is CCC1=C(CC)c2cc3[nH]c(cnc4ccc(OCC(=O)NC5CC(OC6CC(O)(C(=O)CO)Cc7c(O)c8c(c(O)c76)C(=O)c6c(OC)cccc6C8=O)OC(C)C5O)cc4ncc4nc(cc1n2)C(CCCO)=C4C)c(C)c3CCCO. The van der Waals surface area contributed by atoms with Gasteiger partial charge in [0.25, 0.3) is 5.91 Å². The van der Waals surface area contributed by atoms with E-state index in [1.165, 1.54) is 32.2 Å². The molecule has 21 nitrogen and oxygen atoms in total. The quantitative estimate of drug-likeness (QED) is 0.0437. The van der Waals surface area contributed by atoms with Gasteiger partial charge in [0.2, 0.25) is 5.78 Å². The molecular weight excluding hydrogens is 1080 g/mol. The average molecular weight is 1150 g/mol. The van der Waals surface area contributed by atoms with E-state index in [4.69, 9.17) is 38.9 Å². The number of hydrogen-bond acceptors (Lipinski definition) is 19. The number of fused-ring (bicyclic) bond motifs is 10. The second-order valence-corrected chi connectivity index (χ2v) is 21.7. The van der Waals surface area contributed by atoms with E-state index in [0.717, 1.165) is 74.4 Å². The number of Topliss-reactive ketones (excluding diaryl/α,β-unsaturated/α-hetero) is 1. The van der Waals surface area contributed by atoms with Gasteiger partial charge < -0.3 is 65.0 Å². The average Bonchev–Trinajstić information content (AvgIpc) is 3.09. The van der Waals surface area contributed by atoms with Crippen LogP contribution in [0.1, 0.15) is 156 Å². The number of phenols is 2. The molecule has 2 aromatic heterocycles. The Labute approximate surface area is 483 Å². The molecule has 21 heteroatoms. The number of allylic oxidation sites excluding steroid dienone is 4. The highest BCUT2D eigenvalue weighted by Crippen LogP contribution is 2.53. The van der Waals surface area contributed by atoms with Crippen molar-refractivity contribution in [1.82, 2.24) is 30.2 Å². The summed E-state index contributed by atoms with van der Waals surface area (Å²) in [7, 11) is 1.31. The summed E-state index contributed by atoms with van der Waals surface area (Å²) in [5.41, 5.74) is 7.30. The number of aromatic nitrogens is 5. The largest absolute Gasteiger partial charge is 0.507 e. The van der Waals surface area contributed by atoms with Crippen LogP contribution >= 0.6 is 0 Å². The number of nitrogens with one attached hydrogen (secondary N) is 2. The lowest BCUT2D eigenvalue weighted by Gasteiger charge is -2.42. The van der Waals surface area contributed by atoms with Gasteiger partial charge in [0.05, 0.1) is 93.8 Å². The Morgan fingerprint density at radius 3 is 2.23 bits per heavy atom. The number of ketones is 3. The molecule has 1 amide bonds. The molecule has 0 spiro atoms. The molecule has 3 aliphatic heterocycles. The van der Waals surface area contributed by atoms with Crippen LogP contribution in [0.25, 0.3) is 44.4 Å². The highest BCUT2D eigenvalue weighted by Gasteiger charge is 2.50. The van der Waals surface area contributed by atoms with E-state index >= 15 is 0 Å². The Balaban J connectivity index is 0.948. The normalized spacial score (nSPS) is 21.0. The number of carbonyl (C=O) groups is 4. The monoisotopic (exact) mass is 1150 g/mol. The van der Waals surface area contributed by atoms with Gasteiger partial charge in [0, 0.05) is 60.7 Å². The minimum atomic E-state index is -2.40. The van der Waals surface area contributed by atoms with Crippen LogP contribution in [-0.2, 0) is 31.9 Å². The number of carbonyl (C=O) groups excluding carboxylic acids is 4. The standard InChI is InChI=1S/C63H68N6O15/c1-7-34-35(8-2)42-22-44-37(14-11-19-71)31(4)48(68-44)27-65-45-20-33(16-17-40(45)64-26-47-30(3)36(13-10-18-70)43(67-47)21-41(34)66-42)82-29-52(74)69-46-23-53(83-32(5)58(46)75)84-50-25-63(80,51(73)28-72)24-39-55(50)62(79)57-56(60(39)77)59(76)38-12-9-15-49(81-6)54(38)61(57)78/h9,12,15-17,20-22,26-27,32,46,50,53,58,67,70-72,75,77,79-80H,7-8,10-11,13-14,18-19,23-25,28-29H2,1-6H3,(H,69,74). The van der Waals surface area contributed by atoms with E-state index in [1.807, 2.05) is 19.9 Å². The number of rotatable bonds is 17. The van der Waals surface area contributed by atoms with Gasteiger partial charge in [0.15, 0.2) is 24.5 Å². The van der Waals surface area contributed by atoms with E-state index in [-0.39, 0.29) is 53.4 Å². The first kappa shape index (κ1) is 59.2. The molecule has 84 heavy (non-hydrogen) atoms. The van der Waals surface area contributed by atoms with E-state index < -0.39 is 108 Å². The molecule has 9 N–H and O–H groups in total. The van der Waals surface area contributed by atoms with Gasteiger partial charge >= 0.3 is 0 Å². The van der Waals surface area contributed by atoms with Crippen LogP contribution in [0.3, 0.4) is 0 Å². The summed E-state index contributed by atoms with van der Waals surface area (Å²) in [6, 6.07) is 12.3. The Kier molecular flexibility index (Phi) is 17.1. The van der Waals surface area contributed by atoms with Crippen LogP contribution in [0.2, 0.25) is 0 Å². The van der Waals surface area contributed by atoms with Gasteiger partial charge in [-0.15, -0.1) is 0 Å². The molecule has 0 saturated carbocycles. The lowest BCUT2D eigenvalue weighted by Crippen LogP contribution is -2.56. The maximum Gasteiger partial charge on any atom is 0.258 e. The van der Waals surface area contributed by atoms with Crippen molar-refractivity contribution in [1.29, 1.82) is 0 Å². The number of aryl methyl sites for hydroxylation is 2. The number of aliphatic hydroxyl groups excluding tert-OH is 4. The first-order valence-electron chi connectivity index (χ1n) is 28.2. The smallest absolute Gasteiger partial charge is 0.258 e. The Hall–Kier alpha value is -8.02. The lowest BCUT2D eigenvalue weighted by molar-refractivity contribution is -0.249. The number of aliphatic hydroxyl groups is 5. The molecule has 1 saturated heterocycles. The summed E-state index contributed by atoms with van der Waals surface area (Å²) in [5, 5.41) is 79.5. The summed E-state index contributed by atoms with van der Waals surface area (Å²) in [6.07, 6.45) is 0.471. The molecule has 5 aromatic rings. The van der Waals surface area contributed by atoms with Crippen LogP contribution in [0.15, 0.2) is 60.9 Å². The predicted molar refractivity (Wildman–Crippen MR) is 309 cm³/mol. The van der Waals surface area contributed by atoms with Crippen LogP contribution in [0.4, 0.5) is 0 Å². The zero-order valence-electron chi connectivity index (χ0n) is 47.5. The third-order valence-corrected chi connectivity index (χ3v) is 16.6. The fraction of sp³-hybridized carbons (Fsp3) is 0.397. The number of aromatic hydroxyl groups is 2. The summed E-state index contributed by atoms with van der Waals surface area (Å²) in [6.45, 7) is 8.10. The van der Waals surface area contributed by atoms with Crippen molar-refractivity contribution < 1.29 is 73.9 Å². The minimum absolute atomic E-state index is 0.00362. The molecule has 440 valence electrons. The Bertz CT molecular complexity index is 3800. The van der Waals surface area contributed by atoms with Gasteiger partial charge in [-0.3, -0.25) is 29.1 Å². The first-order chi connectivity index (χ1) is 40.4. The molecule has 0 radical (unpaired) electrons. The van der Waals surface area contributed by atoms with Crippen LogP contribution in [-0.4, -0.2) is 148 Å². The number of methoxy groups -OCH3 is 1. The van der Waals surface area contributed by atoms with Crippen molar-refractivity contribution in [2.75, 3.05) is 33.5 Å². The molecule has 6 bridgehead atoms. The second kappa shape index (κ2) is 24.3. The molecule has 3 aromatic carbocycles. The number of H-pyrrole nitrogens is 1. The maximum atomic E-state index is 14.2. The predicted octanol–water partition coefficient (Wildman–Crippen LogP) is 6.56. The van der Waals surface area contributed by atoms with E-state index in [1.54, 1.807) is 30.6 Å². The molecule has 10 rings (SSSR count). The van der Waals surface area contributed by atoms with Gasteiger partial charge in [-0.05, 0) is 123 Å². The number of nitrogens with zero attached hydrogens (tertiary/aromatic N) is 4. The van der Waals surface area contributed by atoms with E-state index in [0.29, 0.717) is 42.4 Å². The Morgan fingerprint density at radius 1 is 0.821 bits per heavy atom. The van der Waals surface area contributed by atoms with E-state index in [2.05, 4.69) is 30.2 Å². The summed E-state index contributed by atoms with van der Waals surface area (Å²) in [4.78, 5) is 78.8. The van der Waals surface area contributed by atoms with Crippen LogP contribution < -0.4 is 14.8 Å². The Morgan fingerprint density at radius 2 is 1.51 bits per heavy atom. The molecule has 5 aliphatic rings. The third-order valence-electron chi connectivity index (χ3n) is 16.6. The fourth-order valence-electron chi connectivity index (χ4n) is 12.1. The second-order valence-electron chi connectivity index (χ2n) is 21.7. The summed E-state index contributed by atoms with van der Waals surface area (Å²) < 4.78 is 23.9. The molecule has 2 aliphatic carbocycles. The highest BCUT2D eigenvalue weighted by atomic mass is 16.7. The van der Waals surface area contributed by atoms with Crippen molar-refractivity contribution in [3.8, 4) is 23.0 Å². The third kappa shape index (κ3) is 10.9. The zero-order chi connectivity index (χ0) is 59.9. The number of phenolic OH excluding ortho intramolecular Hbond substituents is 2. The van der Waals surface area contributed by atoms with Gasteiger partial charge in [0.1, 0.15) is 41.3 Å². The maximum absolute atomic E-state index is 14.2. The van der Waals surface area contributed by atoms with Crippen molar-refractivity contribution in [3.05, 3.63) is 128 Å². The van der Waals surface area contributed by atoms with Crippen LogP contribution in [0.5, 0.6) is 23.0 Å². The van der Waals surface area contributed by atoms with Gasteiger partial charge in [-0.25, -0.2) is 9.97 Å². The van der Waals surface area contributed by atoms with E-state index in [9.17, 15) is 54.9 Å². The first-order valence-corrected chi connectivity index (χ1v) is 28.2. The minimum Gasteiger partial charge on any atom is -0.507 e. The van der Waals surface area contributed by atoms with Gasteiger partial charge in [-0.1, -0.05) is 26.0 Å². The summed E-state index contributed by atoms with van der Waals surface area (Å²) >= 11 is 0. The molecule has 6 unspecified atom stereocenters.